The molecule has 0 aromatic heterocycles. The monoisotopic (exact) mass is 339 g/mol. The average molecular weight is 339 g/mol. The maximum absolute atomic E-state index is 12.4. The summed E-state index contributed by atoms with van der Waals surface area (Å²) < 4.78 is 5.34. The molecule has 25 heavy (non-hydrogen) atoms. The van der Waals surface area contributed by atoms with Gasteiger partial charge in [0.1, 0.15) is 0 Å². The van der Waals surface area contributed by atoms with Gasteiger partial charge in [0.05, 0.1) is 12.0 Å². The number of hydrogen-bond acceptors (Lipinski definition) is 3. The van der Waals surface area contributed by atoms with Crippen molar-refractivity contribution in [3.63, 3.8) is 0 Å². The molecule has 4 nitrogen and oxygen atoms in total. The Hall–Kier alpha value is -2.10. The van der Waals surface area contributed by atoms with Gasteiger partial charge in [-0.2, -0.15) is 0 Å². The first-order valence-electron chi connectivity index (χ1n) is 9.30. The lowest BCUT2D eigenvalue weighted by Crippen LogP contribution is -2.31. The Morgan fingerprint density at radius 1 is 1.24 bits per heavy atom. The second kappa shape index (κ2) is 6.32. The average Bonchev–Trinajstić information content (AvgIpc) is 3.28. The Bertz CT molecular complexity index is 702. The van der Waals surface area contributed by atoms with Crippen LogP contribution in [0.25, 0.3) is 0 Å². The van der Waals surface area contributed by atoms with E-state index in [-0.39, 0.29) is 23.7 Å². The standard InChI is InChI=1S/C21H25NO3/c1-14-10-17-13-25-20(24)21(17,11-14)12-15-6-8-18(9-7-15)22-19(23)16-4-2-3-5-16/h6-9,16-17H,1-5,10-13H2,(H,22,23). The second-order valence-corrected chi connectivity index (χ2v) is 7.93. The highest BCUT2D eigenvalue weighted by Gasteiger charge is 2.55. The number of esters is 1. The van der Waals surface area contributed by atoms with E-state index in [4.69, 9.17) is 4.74 Å². The van der Waals surface area contributed by atoms with Crippen LogP contribution in [0.5, 0.6) is 0 Å². The van der Waals surface area contributed by atoms with Gasteiger partial charge in [0, 0.05) is 17.5 Å². The zero-order chi connectivity index (χ0) is 17.4. The summed E-state index contributed by atoms with van der Waals surface area (Å²) in [5.74, 6) is 0.483. The fourth-order valence-corrected chi connectivity index (χ4v) is 4.77. The lowest BCUT2D eigenvalue weighted by molar-refractivity contribution is -0.146. The Labute approximate surface area is 148 Å². The molecule has 0 radical (unpaired) electrons. The van der Waals surface area contributed by atoms with Gasteiger partial charge in [-0.25, -0.2) is 0 Å². The van der Waals surface area contributed by atoms with Crippen molar-refractivity contribution in [1.82, 2.24) is 0 Å². The number of carbonyl (C=O) groups excluding carboxylic acids is 2. The van der Waals surface area contributed by atoms with Crippen LogP contribution in [0, 0.1) is 17.3 Å². The summed E-state index contributed by atoms with van der Waals surface area (Å²) >= 11 is 0. The van der Waals surface area contributed by atoms with E-state index in [1.807, 2.05) is 24.3 Å². The Kier molecular flexibility index (Phi) is 4.14. The van der Waals surface area contributed by atoms with E-state index >= 15 is 0 Å². The number of hydrogen-bond donors (Lipinski definition) is 1. The molecule has 1 saturated heterocycles. The summed E-state index contributed by atoms with van der Waals surface area (Å²) in [7, 11) is 0. The summed E-state index contributed by atoms with van der Waals surface area (Å²) in [6.45, 7) is 4.61. The highest BCUT2D eigenvalue weighted by atomic mass is 16.5. The fraction of sp³-hybridized carbons (Fsp3) is 0.524. The van der Waals surface area contributed by atoms with E-state index in [2.05, 4.69) is 11.9 Å². The van der Waals surface area contributed by atoms with Gasteiger partial charge in [0.15, 0.2) is 0 Å². The largest absolute Gasteiger partial charge is 0.465 e. The third-order valence-electron chi connectivity index (χ3n) is 6.17. The molecular weight excluding hydrogens is 314 g/mol. The highest BCUT2D eigenvalue weighted by molar-refractivity contribution is 5.92. The smallest absolute Gasteiger partial charge is 0.313 e. The van der Waals surface area contributed by atoms with Gasteiger partial charge >= 0.3 is 5.97 Å². The Morgan fingerprint density at radius 2 is 1.96 bits per heavy atom. The van der Waals surface area contributed by atoms with Crippen LogP contribution in [0.4, 0.5) is 5.69 Å². The highest BCUT2D eigenvalue weighted by Crippen LogP contribution is 2.52. The van der Waals surface area contributed by atoms with Crippen molar-refractivity contribution in [3.05, 3.63) is 42.0 Å². The molecule has 0 spiro atoms. The molecule has 3 aliphatic rings. The molecule has 0 bridgehead atoms. The van der Waals surface area contributed by atoms with Crippen LogP contribution in [0.2, 0.25) is 0 Å². The molecule has 4 heteroatoms. The number of fused-ring (bicyclic) bond motifs is 1. The molecule has 2 saturated carbocycles. The summed E-state index contributed by atoms with van der Waals surface area (Å²) in [6.07, 6.45) is 6.62. The maximum atomic E-state index is 12.4. The van der Waals surface area contributed by atoms with Crippen LogP contribution >= 0.6 is 0 Å². The molecule has 2 atom stereocenters. The van der Waals surface area contributed by atoms with E-state index < -0.39 is 5.41 Å². The third kappa shape index (κ3) is 2.99. The number of anilines is 1. The predicted molar refractivity (Wildman–Crippen MR) is 96.0 cm³/mol. The molecule has 3 fully saturated rings. The molecule has 2 aliphatic carbocycles. The van der Waals surface area contributed by atoms with Crippen LogP contribution < -0.4 is 5.32 Å². The number of rotatable bonds is 4. The van der Waals surface area contributed by atoms with E-state index in [0.717, 1.165) is 55.3 Å². The number of cyclic esters (lactones) is 1. The van der Waals surface area contributed by atoms with E-state index in [1.165, 1.54) is 0 Å². The van der Waals surface area contributed by atoms with Crippen molar-refractivity contribution in [2.24, 2.45) is 17.3 Å². The van der Waals surface area contributed by atoms with Crippen molar-refractivity contribution >= 4 is 17.6 Å². The van der Waals surface area contributed by atoms with E-state index in [1.54, 1.807) is 0 Å². The van der Waals surface area contributed by atoms with Gasteiger partial charge in [0.25, 0.3) is 0 Å². The number of ether oxygens (including phenoxy) is 1. The zero-order valence-corrected chi connectivity index (χ0v) is 14.6. The Morgan fingerprint density at radius 3 is 2.68 bits per heavy atom. The number of nitrogens with one attached hydrogen (secondary N) is 1. The SMILES string of the molecule is C=C1CC2COC(=O)C2(Cc2ccc(NC(=O)C3CCCC3)cc2)C1. The maximum Gasteiger partial charge on any atom is 0.313 e. The molecule has 1 aliphatic heterocycles. The fourth-order valence-electron chi connectivity index (χ4n) is 4.77. The second-order valence-electron chi connectivity index (χ2n) is 7.93. The van der Waals surface area contributed by atoms with Gasteiger partial charge in [-0.1, -0.05) is 37.1 Å². The van der Waals surface area contributed by atoms with Crippen LogP contribution in [0.15, 0.2) is 36.4 Å². The third-order valence-corrected chi connectivity index (χ3v) is 6.17. The minimum atomic E-state index is -0.425. The van der Waals surface area contributed by atoms with Crippen LogP contribution in [-0.2, 0) is 20.7 Å². The van der Waals surface area contributed by atoms with Gasteiger partial charge in [-0.15, -0.1) is 0 Å². The number of allylic oxidation sites excluding steroid dienone is 1. The first kappa shape index (κ1) is 16.4. The summed E-state index contributed by atoms with van der Waals surface area (Å²) in [6, 6.07) is 7.92. The summed E-state index contributed by atoms with van der Waals surface area (Å²) in [4.78, 5) is 24.6. The van der Waals surface area contributed by atoms with E-state index in [0.29, 0.717) is 13.0 Å². The van der Waals surface area contributed by atoms with E-state index in [9.17, 15) is 9.59 Å². The first-order chi connectivity index (χ1) is 12.1. The molecule has 1 heterocycles. The number of benzene rings is 1. The normalized spacial score (nSPS) is 28.9. The minimum Gasteiger partial charge on any atom is -0.465 e. The first-order valence-corrected chi connectivity index (χ1v) is 9.30. The van der Waals surface area contributed by atoms with Crippen LogP contribution in [-0.4, -0.2) is 18.5 Å². The van der Waals surface area contributed by atoms with Crippen molar-refractivity contribution in [1.29, 1.82) is 0 Å². The Balaban J connectivity index is 1.44. The minimum absolute atomic E-state index is 0.0743. The molecule has 2 unspecified atom stereocenters. The molecule has 1 aromatic rings. The number of carbonyl (C=O) groups is 2. The number of amides is 1. The van der Waals surface area contributed by atoms with Gasteiger partial charge in [0.2, 0.25) is 5.91 Å². The van der Waals surface area contributed by atoms with Crippen molar-refractivity contribution in [2.75, 3.05) is 11.9 Å². The summed E-state index contributed by atoms with van der Waals surface area (Å²) in [5, 5.41) is 3.02. The van der Waals surface area contributed by atoms with Crippen LogP contribution in [0.3, 0.4) is 0 Å². The van der Waals surface area contributed by atoms with Crippen molar-refractivity contribution in [3.8, 4) is 0 Å². The molecule has 4 rings (SSSR count). The predicted octanol–water partition coefficient (Wildman–Crippen LogP) is 3.87. The molecule has 1 aromatic carbocycles. The van der Waals surface area contributed by atoms with Crippen molar-refractivity contribution < 1.29 is 14.3 Å². The van der Waals surface area contributed by atoms with Gasteiger partial charge in [-0.05, 0) is 49.8 Å². The molecule has 1 N–H and O–H groups in total. The lowest BCUT2D eigenvalue weighted by atomic mass is 9.75. The molecule has 132 valence electrons. The molecular formula is C21H25NO3. The topological polar surface area (TPSA) is 55.4 Å². The van der Waals surface area contributed by atoms with Crippen molar-refractivity contribution in [2.45, 2.75) is 44.9 Å². The molecule has 1 amide bonds. The summed E-state index contributed by atoms with van der Waals surface area (Å²) in [5.41, 5.74) is 2.67. The van der Waals surface area contributed by atoms with Gasteiger partial charge < -0.3 is 10.1 Å². The quantitative estimate of drug-likeness (QED) is 0.669. The van der Waals surface area contributed by atoms with Crippen LogP contribution in [0.1, 0.15) is 44.1 Å². The zero-order valence-electron chi connectivity index (χ0n) is 14.6. The lowest BCUT2D eigenvalue weighted by Gasteiger charge is -2.24. The van der Waals surface area contributed by atoms with Gasteiger partial charge in [-0.3, -0.25) is 9.59 Å².